The number of amides is 3. The number of nitrogens with one attached hydrogen (secondary N) is 3. The van der Waals surface area contributed by atoms with Gasteiger partial charge in [-0.05, 0) is 19.3 Å². The van der Waals surface area contributed by atoms with Gasteiger partial charge in [-0.25, -0.2) is 4.98 Å². The first-order valence-electron chi connectivity index (χ1n) is 6.94. The summed E-state index contributed by atoms with van der Waals surface area (Å²) in [5.74, 6) is -0.403. The minimum absolute atomic E-state index is 0.0382. The Morgan fingerprint density at radius 2 is 2.19 bits per heavy atom. The van der Waals surface area contributed by atoms with E-state index in [-0.39, 0.29) is 24.1 Å². The van der Waals surface area contributed by atoms with Crippen molar-refractivity contribution >= 4 is 34.2 Å². The number of rotatable bonds is 5. The summed E-state index contributed by atoms with van der Waals surface area (Å²) < 4.78 is 0. The maximum Gasteiger partial charge on any atom is 0.248 e. The molecule has 0 radical (unpaired) electrons. The van der Waals surface area contributed by atoms with E-state index in [9.17, 15) is 14.4 Å². The fourth-order valence-electron chi connectivity index (χ4n) is 2.12. The van der Waals surface area contributed by atoms with Crippen molar-refractivity contribution < 1.29 is 14.4 Å². The third-order valence-electron chi connectivity index (χ3n) is 3.38. The van der Waals surface area contributed by atoms with E-state index in [4.69, 9.17) is 0 Å². The molecule has 1 atom stereocenters. The van der Waals surface area contributed by atoms with Crippen molar-refractivity contribution in [2.75, 3.05) is 5.32 Å². The van der Waals surface area contributed by atoms with Crippen molar-refractivity contribution in [1.29, 1.82) is 0 Å². The highest BCUT2D eigenvalue weighted by atomic mass is 32.1. The summed E-state index contributed by atoms with van der Waals surface area (Å²) in [5.41, 5.74) is 0.643. The molecule has 2 fully saturated rings. The Morgan fingerprint density at radius 3 is 2.86 bits per heavy atom. The Kier molecular flexibility index (Phi) is 3.87. The van der Waals surface area contributed by atoms with Crippen LogP contribution in [0.1, 0.15) is 31.4 Å². The van der Waals surface area contributed by atoms with Gasteiger partial charge in [0.1, 0.15) is 6.04 Å². The second kappa shape index (κ2) is 5.80. The van der Waals surface area contributed by atoms with Gasteiger partial charge < -0.3 is 16.0 Å². The number of thiazole rings is 1. The van der Waals surface area contributed by atoms with Crippen LogP contribution in [0, 0.1) is 0 Å². The van der Waals surface area contributed by atoms with Crippen LogP contribution in [0.25, 0.3) is 0 Å². The van der Waals surface area contributed by atoms with Crippen molar-refractivity contribution in [1.82, 2.24) is 15.6 Å². The lowest BCUT2D eigenvalue weighted by Gasteiger charge is -2.08. The zero-order chi connectivity index (χ0) is 14.8. The molecule has 112 valence electrons. The van der Waals surface area contributed by atoms with Gasteiger partial charge in [-0.1, -0.05) is 0 Å². The zero-order valence-corrected chi connectivity index (χ0v) is 12.2. The number of anilines is 1. The average Bonchev–Trinajstić information content (AvgIpc) is 2.95. The molecule has 3 rings (SSSR count). The highest BCUT2D eigenvalue weighted by Crippen LogP contribution is 2.20. The predicted molar refractivity (Wildman–Crippen MR) is 76.8 cm³/mol. The van der Waals surface area contributed by atoms with E-state index in [0.717, 1.165) is 12.8 Å². The van der Waals surface area contributed by atoms with Crippen LogP contribution >= 0.6 is 11.3 Å². The van der Waals surface area contributed by atoms with Gasteiger partial charge in [-0.3, -0.25) is 14.4 Å². The van der Waals surface area contributed by atoms with Gasteiger partial charge in [0.25, 0.3) is 0 Å². The molecule has 2 heterocycles. The lowest BCUT2D eigenvalue weighted by Crippen LogP contribution is -2.37. The molecule has 1 aromatic rings. The lowest BCUT2D eigenvalue weighted by molar-refractivity contribution is -0.122. The number of carbonyl (C=O) groups excluding carboxylic acids is 3. The number of hydrogen-bond acceptors (Lipinski definition) is 5. The number of nitrogens with zero attached hydrogens (tertiary/aromatic N) is 1. The summed E-state index contributed by atoms with van der Waals surface area (Å²) >= 11 is 1.28. The van der Waals surface area contributed by atoms with E-state index in [0.29, 0.717) is 29.7 Å². The Hall–Kier alpha value is -1.96. The van der Waals surface area contributed by atoms with Gasteiger partial charge in [-0.15, -0.1) is 11.3 Å². The lowest BCUT2D eigenvalue weighted by atomic mass is 10.2. The quantitative estimate of drug-likeness (QED) is 0.722. The molecule has 0 aromatic carbocycles. The molecule has 2 aliphatic rings. The molecular weight excluding hydrogens is 292 g/mol. The summed E-state index contributed by atoms with van der Waals surface area (Å²) in [4.78, 5) is 38.9. The van der Waals surface area contributed by atoms with Crippen LogP contribution in [0.3, 0.4) is 0 Å². The van der Waals surface area contributed by atoms with Crippen LogP contribution in [-0.2, 0) is 20.8 Å². The number of carbonyl (C=O) groups is 3. The summed E-state index contributed by atoms with van der Waals surface area (Å²) in [6.07, 6.45) is 3.21. The van der Waals surface area contributed by atoms with Crippen LogP contribution in [0.15, 0.2) is 5.38 Å². The van der Waals surface area contributed by atoms with Gasteiger partial charge in [0.15, 0.2) is 5.13 Å². The van der Waals surface area contributed by atoms with Crippen LogP contribution in [0.2, 0.25) is 0 Å². The van der Waals surface area contributed by atoms with Gasteiger partial charge in [0.05, 0.1) is 12.1 Å². The van der Waals surface area contributed by atoms with E-state index in [2.05, 4.69) is 20.9 Å². The molecule has 3 amide bonds. The van der Waals surface area contributed by atoms with Crippen LogP contribution in [0.5, 0.6) is 0 Å². The maximum atomic E-state index is 11.9. The van der Waals surface area contributed by atoms with Crippen molar-refractivity contribution in [2.45, 2.75) is 44.2 Å². The molecule has 21 heavy (non-hydrogen) atoms. The molecule has 1 aliphatic carbocycles. The van der Waals surface area contributed by atoms with E-state index in [1.807, 2.05) is 0 Å². The normalized spacial score (nSPS) is 21.0. The SMILES string of the molecule is O=C(Cc1csc(NC(=O)[C@@H]2CCC(=O)N2)n1)NC1CC1. The first-order valence-corrected chi connectivity index (χ1v) is 7.82. The van der Waals surface area contributed by atoms with Crippen molar-refractivity contribution in [3.8, 4) is 0 Å². The maximum absolute atomic E-state index is 11.9. The van der Waals surface area contributed by atoms with Crippen molar-refractivity contribution in [3.63, 3.8) is 0 Å². The Morgan fingerprint density at radius 1 is 1.38 bits per heavy atom. The van der Waals surface area contributed by atoms with E-state index >= 15 is 0 Å². The molecule has 3 N–H and O–H groups in total. The van der Waals surface area contributed by atoms with E-state index in [1.165, 1.54) is 11.3 Å². The standard InChI is InChI=1S/C13H16N4O3S/c18-10-4-3-9(16-10)12(20)17-13-15-8(6-21-13)5-11(19)14-7-1-2-7/h6-7,9H,1-5H2,(H,14,19)(H,16,18)(H,15,17,20)/t9-/m0/s1. The highest BCUT2D eigenvalue weighted by Gasteiger charge is 2.28. The molecule has 1 saturated heterocycles. The topological polar surface area (TPSA) is 100 Å². The van der Waals surface area contributed by atoms with Crippen molar-refractivity contribution in [2.24, 2.45) is 0 Å². The molecule has 0 spiro atoms. The van der Waals surface area contributed by atoms with Crippen LogP contribution in [0.4, 0.5) is 5.13 Å². The minimum Gasteiger partial charge on any atom is -0.353 e. The van der Waals surface area contributed by atoms with E-state index < -0.39 is 6.04 Å². The molecule has 1 aromatic heterocycles. The molecule has 1 saturated carbocycles. The van der Waals surface area contributed by atoms with Gasteiger partial charge in [0, 0.05) is 17.8 Å². The summed E-state index contributed by atoms with van der Waals surface area (Å²) in [5, 5.41) is 10.4. The zero-order valence-electron chi connectivity index (χ0n) is 11.3. The fraction of sp³-hybridized carbons (Fsp3) is 0.538. The monoisotopic (exact) mass is 308 g/mol. The fourth-order valence-corrected chi connectivity index (χ4v) is 2.83. The summed E-state index contributed by atoms with van der Waals surface area (Å²) in [6.45, 7) is 0. The predicted octanol–water partition coefficient (Wildman–Crippen LogP) is 0.181. The Labute approximate surface area is 125 Å². The largest absolute Gasteiger partial charge is 0.353 e. The summed E-state index contributed by atoms with van der Waals surface area (Å²) in [7, 11) is 0. The number of aromatic nitrogens is 1. The smallest absolute Gasteiger partial charge is 0.248 e. The molecule has 1 aliphatic heterocycles. The van der Waals surface area contributed by atoms with Crippen LogP contribution in [-0.4, -0.2) is 34.8 Å². The highest BCUT2D eigenvalue weighted by molar-refractivity contribution is 7.13. The first-order chi connectivity index (χ1) is 10.1. The molecule has 7 nitrogen and oxygen atoms in total. The minimum atomic E-state index is -0.483. The Bertz CT molecular complexity index is 582. The van der Waals surface area contributed by atoms with Gasteiger partial charge >= 0.3 is 0 Å². The molecule has 0 bridgehead atoms. The third-order valence-corrected chi connectivity index (χ3v) is 4.18. The molecular formula is C13H16N4O3S. The summed E-state index contributed by atoms with van der Waals surface area (Å²) in [6, 6.07) is -0.149. The average molecular weight is 308 g/mol. The van der Waals surface area contributed by atoms with Crippen molar-refractivity contribution in [3.05, 3.63) is 11.1 Å². The number of hydrogen-bond donors (Lipinski definition) is 3. The second-order valence-corrected chi connectivity index (χ2v) is 6.17. The molecule has 8 heteroatoms. The van der Waals surface area contributed by atoms with Gasteiger partial charge in [-0.2, -0.15) is 0 Å². The first kappa shape index (κ1) is 14.0. The van der Waals surface area contributed by atoms with Gasteiger partial charge in [0.2, 0.25) is 17.7 Å². The molecule has 0 unspecified atom stereocenters. The third kappa shape index (κ3) is 3.78. The second-order valence-electron chi connectivity index (χ2n) is 5.31. The van der Waals surface area contributed by atoms with E-state index in [1.54, 1.807) is 5.38 Å². The Balaban J connectivity index is 1.51. The van der Waals surface area contributed by atoms with Crippen LogP contribution < -0.4 is 16.0 Å².